The van der Waals surface area contributed by atoms with Gasteiger partial charge in [-0.05, 0) is 44.9 Å². The van der Waals surface area contributed by atoms with Gasteiger partial charge in [0.1, 0.15) is 5.82 Å². The first kappa shape index (κ1) is 13.2. The highest BCUT2D eigenvalue weighted by atomic mass is 16.5. The Balaban J connectivity index is 1.85. The molecule has 0 atom stereocenters. The SMILES string of the molecule is CCOc1ncccc1-c1ccn2c(C3CC3)nc(C)c2n1. The number of pyridine rings is 1. The van der Waals surface area contributed by atoms with Crippen LogP contribution < -0.4 is 4.74 Å². The molecule has 3 aromatic rings. The fourth-order valence-electron chi connectivity index (χ4n) is 2.75. The molecule has 1 aliphatic carbocycles. The Morgan fingerprint density at radius 1 is 1.27 bits per heavy atom. The monoisotopic (exact) mass is 294 g/mol. The van der Waals surface area contributed by atoms with E-state index < -0.39 is 0 Å². The van der Waals surface area contributed by atoms with Crippen molar-refractivity contribution in [1.82, 2.24) is 19.4 Å². The maximum atomic E-state index is 5.61. The van der Waals surface area contributed by atoms with Crippen LogP contribution in [0.4, 0.5) is 0 Å². The molecule has 0 saturated heterocycles. The van der Waals surface area contributed by atoms with Crippen LogP contribution in [0.2, 0.25) is 0 Å². The van der Waals surface area contributed by atoms with Gasteiger partial charge in [0.15, 0.2) is 5.65 Å². The van der Waals surface area contributed by atoms with Gasteiger partial charge in [-0.3, -0.25) is 4.40 Å². The van der Waals surface area contributed by atoms with Gasteiger partial charge in [0, 0.05) is 18.3 Å². The predicted molar refractivity (Wildman–Crippen MR) is 84.1 cm³/mol. The summed E-state index contributed by atoms with van der Waals surface area (Å²) < 4.78 is 7.73. The van der Waals surface area contributed by atoms with E-state index in [-0.39, 0.29) is 0 Å². The number of aromatic nitrogens is 4. The number of hydrogen-bond acceptors (Lipinski definition) is 4. The largest absolute Gasteiger partial charge is 0.477 e. The minimum Gasteiger partial charge on any atom is -0.477 e. The highest BCUT2D eigenvalue weighted by Gasteiger charge is 2.29. The van der Waals surface area contributed by atoms with Gasteiger partial charge in [0.25, 0.3) is 0 Å². The summed E-state index contributed by atoms with van der Waals surface area (Å²) in [5, 5.41) is 0. The van der Waals surface area contributed by atoms with Crippen LogP contribution in [0.5, 0.6) is 5.88 Å². The number of hydrogen-bond donors (Lipinski definition) is 0. The third-order valence-electron chi connectivity index (χ3n) is 3.96. The molecule has 3 heterocycles. The Morgan fingerprint density at radius 3 is 2.91 bits per heavy atom. The molecule has 0 amide bonds. The van der Waals surface area contributed by atoms with Crippen molar-refractivity contribution in [3.63, 3.8) is 0 Å². The topological polar surface area (TPSA) is 52.3 Å². The number of ether oxygens (including phenoxy) is 1. The molecule has 5 nitrogen and oxygen atoms in total. The van der Waals surface area contributed by atoms with Crippen LogP contribution in [0, 0.1) is 6.92 Å². The van der Waals surface area contributed by atoms with E-state index in [4.69, 9.17) is 14.7 Å². The first-order chi connectivity index (χ1) is 10.8. The summed E-state index contributed by atoms with van der Waals surface area (Å²) in [5.41, 5.74) is 3.69. The summed E-state index contributed by atoms with van der Waals surface area (Å²) in [7, 11) is 0. The molecule has 22 heavy (non-hydrogen) atoms. The lowest BCUT2D eigenvalue weighted by Crippen LogP contribution is -1.99. The molecule has 1 aliphatic rings. The molecule has 5 heteroatoms. The Labute approximate surface area is 129 Å². The number of nitrogens with zero attached hydrogens (tertiary/aromatic N) is 4. The van der Waals surface area contributed by atoms with Crippen molar-refractivity contribution in [2.75, 3.05) is 6.61 Å². The molecule has 0 aromatic carbocycles. The smallest absolute Gasteiger partial charge is 0.222 e. The molecular weight excluding hydrogens is 276 g/mol. The predicted octanol–water partition coefficient (Wildman–Crippen LogP) is 3.38. The maximum absolute atomic E-state index is 5.61. The van der Waals surface area contributed by atoms with Crippen molar-refractivity contribution in [3.8, 4) is 17.1 Å². The number of aryl methyl sites for hydroxylation is 1. The summed E-state index contributed by atoms with van der Waals surface area (Å²) >= 11 is 0. The maximum Gasteiger partial charge on any atom is 0.222 e. The fourth-order valence-corrected chi connectivity index (χ4v) is 2.75. The van der Waals surface area contributed by atoms with Crippen LogP contribution in [0.15, 0.2) is 30.6 Å². The Kier molecular flexibility index (Phi) is 3.06. The van der Waals surface area contributed by atoms with Crippen LogP contribution in [0.25, 0.3) is 16.9 Å². The van der Waals surface area contributed by atoms with Gasteiger partial charge in [-0.2, -0.15) is 0 Å². The van der Waals surface area contributed by atoms with E-state index in [1.807, 2.05) is 32.0 Å². The molecular formula is C17H18N4O. The quantitative estimate of drug-likeness (QED) is 0.740. The molecule has 0 spiro atoms. The molecule has 0 radical (unpaired) electrons. The van der Waals surface area contributed by atoms with Gasteiger partial charge in [-0.15, -0.1) is 0 Å². The molecule has 0 aliphatic heterocycles. The van der Waals surface area contributed by atoms with Gasteiger partial charge in [0.2, 0.25) is 5.88 Å². The zero-order valence-corrected chi connectivity index (χ0v) is 12.8. The number of fused-ring (bicyclic) bond motifs is 1. The van der Waals surface area contributed by atoms with Crippen molar-refractivity contribution in [2.24, 2.45) is 0 Å². The van der Waals surface area contributed by atoms with Crippen molar-refractivity contribution < 1.29 is 4.74 Å². The molecule has 112 valence electrons. The van der Waals surface area contributed by atoms with Gasteiger partial charge < -0.3 is 4.74 Å². The number of rotatable bonds is 4. The van der Waals surface area contributed by atoms with Crippen LogP contribution >= 0.6 is 0 Å². The van der Waals surface area contributed by atoms with Crippen molar-refractivity contribution in [3.05, 3.63) is 42.1 Å². The highest BCUT2D eigenvalue weighted by molar-refractivity contribution is 5.67. The zero-order valence-electron chi connectivity index (χ0n) is 12.8. The Hall–Kier alpha value is -2.43. The fraction of sp³-hybridized carbons (Fsp3) is 0.353. The average molecular weight is 294 g/mol. The minimum atomic E-state index is 0.587. The van der Waals surface area contributed by atoms with E-state index >= 15 is 0 Å². The lowest BCUT2D eigenvalue weighted by Gasteiger charge is -2.08. The van der Waals surface area contributed by atoms with Gasteiger partial charge >= 0.3 is 0 Å². The molecule has 1 saturated carbocycles. The van der Waals surface area contributed by atoms with Crippen LogP contribution in [0.1, 0.15) is 37.2 Å². The summed E-state index contributed by atoms with van der Waals surface area (Å²) in [6, 6.07) is 5.91. The summed E-state index contributed by atoms with van der Waals surface area (Å²) in [5.74, 6) is 2.37. The summed E-state index contributed by atoms with van der Waals surface area (Å²) in [6.07, 6.45) is 6.27. The first-order valence-electron chi connectivity index (χ1n) is 7.71. The van der Waals surface area contributed by atoms with E-state index in [0.717, 1.165) is 28.4 Å². The molecule has 3 aromatic heterocycles. The summed E-state index contributed by atoms with van der Waals surface area (Å²) in [4.78, 5) is 13.8. The second-order valence-corrected chi connectivity index (χ2v) is 5.63. The second kappa shape index (κ2) is 5.09. The zero-order chi connectivity index (χ0) is 15.1. The molecule has 0 bridgehead atoms. The van der Waals surface area contributed by atoms with Crippen molar-refractivity contribution in [2.45, 2.75) is 32.6 Å². The third kappa shape index (κ3) is 2.13. The third-order valence-corrected chi connectivity index (χ3v) is 3.96. The number of imidazole rings is 1. The molecule has 1 fully saturated rings. The van der Waals surface area contributed by atoms with E-state index in [1.165, 1.54) is 12.8 Å². The lowest BCUT2D eigenvalue weighted by molar-refractivity contribution is 0.328. The normalized spacial score (nSPS) is 14.5. The van der Waals surface area contributed by atoms with Gasteiger partial charge in [0.05, 0.1) is 23.6 Å². The van der Waals surface area contributed by atoms with Crippen LogP contribution in [0.3, 0.4) is 0 Å². The van der Waals surface area contributed by atoms with Crippen LogP contribution in [-0.2, 0) is 0 Å². The Morgan fingerprint density at radius 2 is 2.14 bits per heavy atom. The highest BCUT2D eigenvalue weighted by Crippen LogP contribution is 2.40. The van der Waals surface area contributed by atoms with Crippen molar-refractivity contribution in [1.29, 1.82) is 0 Å². The van der Waals surface area contributed by atoms with Gasteiger partial charge in [-0.25, -0.2) is 15.0 Å². The van der Waals surface area contributed by atoms with E-state index in [1.54, 1.807) is 6.20 Å². The Bertz CT molecular complexity index is 836. The second-order valence-electron chi connectivity index (χ2n) is 5.63. The molecule has 4 rings (SSSR count). The first-order valence-corrected chi connectivity index (χ1v) is 7.71. The van der Waals surface area contributed by atoms with E-state index in [9.17, 15) is 0 Å². The summed E-state index contributed by atoms with van der Waals surface area (Å²) in [6.45, 7) is 4.56. The van der Waals surface area contributed by atoms with Crippen LogP contribution in [-0.4, -0.2) is 26.0 Å². The minimum absolute atomic E-state index is 0.587. The van der Waals surface area contributed by atoms with E-state index in [2.05, 4.69) is 15.6 Å². The lowest BCUT2D eigenvalue weighted by atomic mass is 10.2. The molecule has 0 unspecified atom stereocenters. The molecule has 0 N–H and O–H groups in total. The van der Waals surface area contributed by atoms with E-state index in [0.29, 0.717) is 18.4 Å². The average Bonchev–Trinajstić information content (AvgIpc) is 3.33. The standard InChI is InChI=1S/C17H18N4O/c1-3-22-17-13(5-4-9-18-17)14-8-10-21-15(20-14)11(2)19-16(21)12-6-7-12/h4-5,8-10,12H,3,6-7H2,1-2H3. The van der Waals surface area contributed by atoms with Crippen molar-refractivity contribution >= 4 is 5.65 Å². The van der Waals surface area contributed by atoms with Gasteiger partial charge in [-0.1, -0.05) is 0 Å².